The van der Waals surface area contributed by atoms with Gasteiger partial charge in [0, 0.05) is 12.4 Å². The zero-order valence-electron chi connectivity index (χ0n) is 14.4. The van der Waals surface area contributed by atoms with Crippen LogP contribution in [0.2, 0.25) is 0 Å². The summed E-state index contributed by atoms with van der Waals surface area (Å²) in [7, 11) is 0. The maximum Gasteiger partial charge on any atom is 0.307 e. The first-order valence-electron chi connectivity index (χ1n) is 8.86. The van der Waals surface area contributed by atoms with E-state index in [-0.39, 0.29) is 23.8 Å². The number of aromatic nitrogens is 2. The average Bonchev–Trinajstić information content (AvgIpc) is 3.37. The number of carboxylic acid groups (broad SMARTS) is 1. The molecule has 0 aliphatic heterocycles. The molecule has 0 spiro atoms. The normalized spacial score (nSPS) is 27.4. The Morgan fingerprint density at radius 2 is 2.00 bits per heavy atom. The van der Waals surface area contributed by atoms with Gasteiger partial charge in [-0.15, -0.1) is 0 Å². The third-order valence-corrected chi connectivity index (χ3v) is 5.55. The summed E-state index contributed by atoms with van der Waals surface area (Å²) in [6.45, 7) is 1.92. The second kappa shape index (κ2) is 6.44. The molecule has 0 radical (unpaired) electrons. The SMILES string of the molecule is C[C@H](NC(=O)[C@H]1[C@@H](C(=O)O)[C@H]2C=C[C@H]1C2)c1cccc(-n2cccn2)c1. The minimum absolute atomic E-state index is 0.0216. The summed E-state index contributed by atoms with van der Waals surface area (Å²) < 4.78 is 1.76. The average molecular weight is 351 g/mol. The van der Waals surface area contributed by atoms with Gasteiger partial charge in [-0.1, -0.05) is 24.3 Å². The molecule has 1 heterocycles. The van der Waals surface area contributed by atoms with Crippen LogP contribution in [0.3, 0.4) is 0 Å². The zero-order valence-corrected chi connectivity index (χ0v) is 14.4. The van der Waals surface area contributed by atoms with E-state index >= 15 is 0 Å². The minimum atomic E-state index is -0.879. The Labute approximate surface area is 151 Å². The number of aliphatic carboxylic acids is 1. The molecule has 0 saturated heterocycles. The van der Waals surface area contributed by atoms with E-state index in [1.54, 1.807) is 10.9 Å². The second-order valence-corrected chi connectivity index (χ2v) is 7.11. The lowest BCUT2D eigenvalue weighted by Crippen LogP contribution is -2.41. The van der Waals surface area contributed by atoms with E-state index in [4.69, 9.17) is 0 Å². The van der Waals surface area contributed by atoms with Gasteiger partial charge in [0.25, 0.3) is 0 Å². The fourth-order valence-electron chi connectivity index (χ4n) is 4.27. The van der Waals surface area contributed by atoms with Crippen molar-refractivity contribution in [2.75, 3.05) is 0 Å². The monoisotopic (exact) mass is 351 g/mol. The van der Waals surface area contributed by atoms with Crippen LogP contribution in [0.15, 0.2) is 54.9 Å². The Balaban J connectivity index is 1.51. The summed E-state index contributed by atoms with van der Waals surface area (Å²) in [6, 6.07) is 9.45. The molecule has 134 valence electrons. The third-order valence-electron chi connectivity index (χ3n) is 5.55. The number of rotatable bonds is 5. The molecule has 1 amide bonds. The zero-order chi connectivity index (χ0) is 18.3. The number of carboxylic acids is 1. The van der Waals surface area contributed by atoms with Crippen molar-refractivity contribution in [2.45, 2.75) is 19.4 Å². The molecular weight excluding hydrogens is 330 g/mol. The van der Waals surface area contributed by atoms with Gasteiger partial charge in [-0.25, -0.2) is 4.68 Å². The molecule has 2 aliphatic rings. The number of allylic oxidation sites excluding steroid dienone is 2. The van der Waals surface area contributed by atoms with Gasteiger partial charge in [0.2, 0.25) is 5.91 Å². The van der Waals surface area contributed by atoms with Gasteiger partial charge >= 0.3 is 5.97 Å². The van der Waals surface area contributed by atoms with Crippen molar-refractivity contribution < 1.29 is 14.7 Å². The number of benzene rings is 1. The molecule has 26 heavy (non-hydrogen) atoms. The summed E-state index contributed by atoms with van der Waals surface area (Å²) >= 11 is 0. The number of nitrogens with zero attached hydrogens (tertiary/aromatic N) is 2. The third kappa shape index (κ3) is 2.81. The Morgan fingerprint density at radius 1 is 1.23 bits per heavy atom. The predicted octanol–water partition coefficient (Wildman–Crippen LogP) is 2.57. The molecule has 2 bridgehead atoms. The lowest BCUT2D eigenvalue weighted by Gasteiger charge is -2.26. The lowest BCUT2D eigenvalue weighted by atomic mass is 9.82. The van der Waals surface area contributed by atoms with Gasteiger partial charge in [0.1, 0.15) is 0 Å². The highest BCUT2D eigenvalue weighted by Crippen LogP contribution is 2.48. The number of hydrogen-bond acceptors (Lipinski definition) is 3. The quantitative estimate of drug-likeness (QED) is 0.811. The van der Waals surface area contributed by atoms with Crippen LogP contribution >= 0.6 is 0 Å². The molecule has 2 aromatic rings. The molecule has 1 aromatic heterocycles. The van der Waals surface area contributed by atoms with E-state index in [1.807, 2.05) is 55.6 Å². The topological polar surface area (TPSA) is 84.2 Å². The van der Waals surface area contributed by atoms with Crippen LogP contribution in [0.4, 0.5) is 0 Å². The number of fused-ring (bicyclic) bond motifs is 2. The number of carbonyl (C=O) groups is 2. The van der Waals surface area contributed by atoms with Crippen molar-refractivity contribution in [3.05, 3.63) is 60.4 Å². The molecule has 4 rings (SSSR count). The van der Waals surface area contributed by atoms with E-state index in [0.29, 0.717) is 0 Å². The molecule has 1 saturated carbocycles. The van der Waals surface area contributed by atoms with Crippen molar-refractivity contribution in [3.8, 4) is 5.69 Å². The standard InChI is InChI=1S/C20H21N3O3/c1-12(13-4-2-5-16(11-13)23-9-3-8-21-23)22-19(24)17-14-6-7-15(10-14)18(17)20(25)26/h2-9,11-12,14-15,17-18H,10H2,1H3,(H,22,24)(H,25,26)/t12-,14-,15-,17+,18-/m0/s1. The predicted molar refractivity (Wildman–Crippen MR) is 95.5 cm³/mol. The van der Waals surface area contributed by atoms with Gasteiger partial charge in [0.05, 0.1) is 23.6 Å². The van der Waals surface area contributed by atoms with E-state index in [9.17, 15) is 14.7 Å². The molecule has 6 nitrogen and oxygen atoms in total. The smallest absolute Gasteiger partial charge is 0.307 e. The van der Waals surface area contributed by atoms with Crippen molar-refractivity contribution in [1.29, 1.82) is 0 Å². The van der Waals surface area contributed by atoms with Crippen LogP contribution in [-0.2, 0) is 9.59 Å². The molecular formula is C20H21N3O3. The van der Waals surface area contributed by atoms with Gasteiger partial charge in [-0.3, -0.25) is 9.59 Å². The fourth-order valence-corrected chi connectivity index (χ4v) is 4.27. The maximum absolute atomic E-state index is 12.8. The number of hydrogen-bond donors (Lipinski definition) is 2. The van der Waals surface area contributed by atoms with E-state index < -0.39 is 17.8 Å². The largest absolute Gasteiger partial charge is 0.481 e. The first kappa shape index (κ1) is 16.6. The van der Waals surface area contributed by atoms with Crippen LogP contribution in [0.1, 0.15) is 24.9 Å². The van der Waals surface area contributed by atoms with Gasteiger partial charge < -0.3 is 10.4 Å². The van der Waals surface area contributed by atoms with Crippen LogP contribution in [-0.4, -0.2) is 26.8 Å². The molecule has 0 unspecified atom stereocenters. The Kier molecular flexibility index (Phi) is 4.11. The summed E-state index contributed by atoms with van der Waals surface area (Å²) in [5.41, 5.74) is 1.87. The molecule has 2 N–H and O–H groups in total. The summed E-state index contributed by atoms with van der Waals surface area (Å²) in [6.07, 6.45) is 8.29. The van der Waals surface area contributed by atoms with Crippen LogP contribution < -0.4 is 5.32 Å². The molecule has 6 heteroatoms. The van der Waals surface area contributed by atoms with Gasteiger partial charge in [-0.2, -0.15) is 5.10 Å². The Bertz CT molecular complexity index is 859. The van der Waals surface area contributed by atoms with Crippen molar-refractivity contribution >= 4 is 11.9 Å². The first-order valence-corrected chi connectivity index (χ1v) is 8.86. The Hall–Kier alpha value is -2.89. The highest BCUT2D eigenvalue weighted by Gasteiger charge is 2.51. The lowest BCUT2D eigenvalue weighted by molar-refractivity contribution is -0.148. The number of carbonyl (C=O) groups excluding carboxylic acids is 1. The number of nitrogens with one attached hydrogen (secondary N) is 1. The highest BCUT2D eigenvalue weighted by molar-refractivity contribution is 5.87. The summed E-state index contributed by atoms with van der Waals surface area (Å²) in [5, 5.41) is 16.8. The van der Waals surface area contributed by atoms with E-state index in [1.165, 1.54) is 0 Å². The molecule has 2 aliphatic carbocycles. The summed E-state index contributed by atoms with van der Waals surface area (Å²) in [4.78, 5) is 24.4. The van der Waals surface area contributed by atoms with E-state index in [0.717, 1.165) is 17.7 Å². The van der Waals surface area contributed by atoms with Crippen LogP contribution in [0, 0.1) is 23.7 Å². The summed E-state index contributed by atoms with van der Waals surface area (Å²) in [5.74, 6) is -2.15. The van der Waals surface area contributed by atoms with Crippen LogP contribution in [0.25, 0.3) is 5.69 Å². The molecule has 1 aromatic carbocycles. The van der Waals surface area contributed by atoms with Gasteiger partial charge in [0.15, 0.2) is 0 Å². The minimum Gasteiger partial charge on any atom is -0.481 e. The van der Waals surface area contributed by atoms with Gasteiger partial charge in [-0.05, 0) is 48.9 Å². The van der Waals surface area contributed by atoms with Crippen molar-refractivity contribution in [2.24, 2.45) is 23.7 Å². The molecule has 5 atom stereocenters. The number of amides is 1. The van der Waals surface area contributed by atoms with E-state index in [2.05, 4.69) is 10.4 Å². The second-order valence-electron chi connectivity index (χ2n) is 7.11. The fraction of sp³-hybridized carbons (Fsp3) is 0.350. The van der Waals surface area contributed by atoms with Crippen molar-refractivity contribution in [3.63, 3.8) is 0 Å². The Morgan fingerprint density at radius 3 is 2.69 bits per heavy atom. The van der Waals surface area contributed by atoms with Crippen LogP contribution in [0.5, 0.6) is 0 Å². The van der Waals surface area contributed by atoms with Crippen molar-refractivity contribution in [1.82, 2.24) is 15.1 Å². The molecule has 1 fully saturated rings. The maximum atomic E-state index is 12.8. The first-order chi connectivity index (χ1) is 12.5. The highest BCUT2D eigenvalue weighted by atomic mass is 16.4.